The minimum Gasteiger partial charge on any atom is -0.344 e. The summed E-state index contributed by atoms with van der Waals surface area (Å²) in [4.78, 5) is 27.8. The Kier molecular flexibility index (Phi) is 5.47. The first-order chi connectivity index (χ1) is 15.6. The average Bonchev–Trinajstić information content (AvgIpc) is 3.17. The molecule has 0 saturated carbocycles. The molecule has 1 aliphatic carbocycles. The minimum absolute atomic E-state index is 0.0471. The third-order valence-electron chi connectivity index (χ3n) is 6.25. The van der Waals surface area contributed by atoms with Crippen molar-refractivity contribution in [2.24, 2.45) is 0 Å². The van der Waals surface area contributed by atoms with Gasteiger partial charge in [0.2, 0.25) is 0 Å². The van der Waals surface area contributed by atoms with Gasteiger partial charge in [0.25, 0.3) is 11.8 Å². The highest BCUT2D eigenvalue weighted by molar-refractivity contribution is 5.98. The van der Waals surface area contributed by atoms with Crippen molar-refractivity contribution in [3.63, 3.8) is 0 Å². The number of nitrogens with one attached hydrogen (secondary N) is 1. The van der Waals surface area contributed by atoms with Crippen molar-refractivity contribution in [3.05, 3.63) is 88.5 Å². The monoisotopic (exact) mass is 432 g/mol. The molecule has 2 amide bonds. The maximum Gasteiger partial charge on any atom is 0.272 e. The first-order valence-corrected chi connectivity index (χ1v) is 11.1. The van der Waals surface area contributed by atoms with Crippen LogP contribution in [0.3, 0.4) is 0 Å². The molecule has 1 aromatic heterocycles. The van der Waals surface area contributed by atoms with Crippen molar-refractivity contribution in [1.29, 1.82) is 0 Å². The number of fused-ring (bicyclic) bond motifs is 2. The molecule has 32 heavy (non-hydrogen) atoms. The molecule has 1 atom stereocenters. The lowest BCUT2D eigenvalue weighted by Gasteiger charge is -2.26. The van der Waals surface area contributed by atoms with Gasteiger partial charge in [-0.1, -0.05) is 36.4 Å². The fraction of sp³-hybridized carbons (Fsp3) is 0.320. The molecule has 6 nitrogen and oxygen atoms in total. The van der Waals surface area contributed by atoms with E-state index in [0.29, 0.717) is 31.7 Å². The Balaban J connectivity index is 1.34. The second-order valence-corrected chi connectivity index (χ2v) is 8.47. The normalized spacial score (nSPS) is 18.0. The number of nitrogens with zero attached hydrogens (tertiary/aromatic N) is 3. The number of hydrogen-bond acceptors (Lipinski definition) is 3. The van der Waals surface area contributed by atoms with Gasteiger partial charge in [0.15, 0.2) is 5.69 Å². The quantitative estimate of drug-likeness (QED) is 0.681. The highest BCUT2D eigenvalue weighted by Crippen LogP contribution is 2.29. The Labute approximate surface area is 186 Å². The van der Waals surface area contributed by atoms with Gasteiger partial charge in [0.05, 0.1) is 6.04 Å². The summed E-state index contributed by atoms with van der Waals surface area (Å²) in [6, 6.07) is 16.0. The molecule has 1 N–H and O–H groups in total. The van der Waals surface area contributed by atoms with E-state index in [4.69, 9.17) is 0 Å². The van der Waals surface area contributed by atoms with Gasteiger partial charge in [-0.2, -0.15) is 5.10 Å². The smallest absolute Gasteiger partial charge is 0.272 e. The topological polar surface area (TPSA) is 67.2 Å². The Hall–Kier alpha value is -3.48. The third kappa shape index (κ3) is 4.02. The van der Waals surface area contributed by atoms with Crippen molar-refractivity contribution in [2.75, 3.05) is 6.54 Å². The lowest BCUT2D eigenvalue weighted by atomic mass is 9.87. The van der Waals surface area contributed by atoms with Crippen LogP contribution in [0.5, 0.6) is 0 Å². The summed E-state index contributed by atoms with van der Waals surface area (Å²) in [6.45, 7) is 1.43. The van der Waals surface area contributed by atoms with E-state index >= 15 is 0 Å². The number of hydrogen-bond donors (Lipinski definition) is 1. The van der Waals surface area contributed by atoms with Gasteiger partial charge in [-0.15, -0.1) is 0 Å². The average molecular weight is 432 g/mol. The minimum atomic E-state index is -0.321. The molecular weight excluding hydrogens is 407 g/mol. The number of rotatable bonds is 4. The zero-order chi connectivity index (χ0) is 22.1. The van der Waals surface area contributed by atoms with Crippen molar-refractivity contribution in [3.8, 4) is 0 Å². The Bertz CT molecular complexity index is 1170. The van der Waals surface area contributed by atoms with E-state index in [0.717, 1.165) is 30.4 Å². The van der Waals surface area contributed by atoms with E-state index in [1.165, 1.54) is 17.7 Å². The summed E-state index contributed by atoms with van der Waals surface area (Å²) in [5, 5.41) is 7.54. The molecule has 5 rings (SSSR count). The molecule has 2 aromatic carbocycles. The first-order valence-electron chi connectivity index (χ1n) is 11.1. The molecular formula is C25H25FN4O2. The van der Waals surface area contributed by atoms with Crippen LogP contribution in [-0.4, -0.2) is 33.0 Å². The molecule has 3 aromatic rings. The standard InChI is InChI=1S/C25H25FN4O2/c26-19-9-3-6-17(14-19)16-29-12-5-13-30-23(25(29)32)15-22(28-30)24(31)27-21-11-4-8-18-7-1-2-10-20(18)21/h1-3,6-7,9-10,14-15,21H,4-5,8,11-13,16H2,(H,27,31)/t21-/m1/s1. The van der Waals surface area contributed by atoms with Crippen LogP contribution in [0.2, 0.25) is 0 Å². The number of aryl methyl sites for hydroxylation is 2. The second-order valence-electron chi connectivity index (χ2n) is 8.47. The molecule has 0 unspecified atom stereocenters. The molecule has 0 radical (unpaired) electrons. The maximum atomic E-state index is 13.6. The predicted molar refractivity (Wildman–Crippen MR) is 118 cm³/mol. The highest BCUT2D eigenvalue weighted by Gasteiger charge is 2.28. The van der Waals surface area contributed by atoms with E-state index in [9.17, 15) is 14.0 Å². The lowest BCUT2D eigenvalue weighted by molar-refractivity contribution is 0.0745. The highest BCUT2D eigenvalue weighted by atomic mass is 19.1. The molecule has 2 aliphatic rings. The number of carbonyl (C=O) groups excluding carboxylic acids is 2. The van der Waals surface area contributed by atoms with E-state index in [1.54, 1.807) is 27.8 Å². The second kappa shape index (κ2) is 8.57. The Morgan fingerprint density at radius 3 is 2.84 bits per heavy atom. The largest absolute Gasteiger partial charge is 0.344 e. The van der Waals surface area contributed by atoms with Gasteiger partial charge in [-0.05, 0) is 54.5 Å². The van der Waals surface area contributed by atoms with Crippen LogP contribution in [0.15, 0.2) is 54.6 Å². The first kappa shape index (κ1) is 20.4. The van der Waals surface area contributed by atoms with Gasteiger partial charge in [0, 0.05) is 25.7 Å². The van der Waals surface area contributed by atoms with Crippen molar-refractivity contribution < 1.29 is 14.0 Å². The number of amides is 2. The number of carbonyl (C=O) groups is 2. The van der Waals surface area contributed by atoms with E-state index in [1.807, 2.05) is 12.1 Å². The van der Waals surface area contributed by atoms with Crippen LogP contribution >= 0.6 is 0 Å². The van der Waals surface area contributed by atoms with E-state index in [-0.39, 0.29) is 29.4 Å². The Morgan fingerprint density at radius 1 is 1.09 bits per heavy atom. The van der Waals surface area contributed by atoms with Crippen LogP contribution in [0.4, 0.5) is 4.39 Å². The van der Waals surface area contributed by atoms with Crippen molar-refractivity contribution >= 4 is 11.8 Å². The zero-order valence-corrected chi connectivity index (χ0v) is 17.8. The van der Waals surface area contributed by atoms with Crippen molar-refractivity contribution in [1.82, 2.24) is 20.0 Å². The summed E-state index contributed by atoms with van der Waals surface area (Å²) in [6.07, 6.45) is 3.65. The SMILES string of the molecule is O=C(N[C@@H]1CCCc2ccccc21)c1cc2n(n1)CCCN(Cc1cccc(F)c1)C2=O. The van der Waals surface area contributed by atoms with Gasteiger partial charge < -0.3 is 10.2 Å². The number of benzene rings is 2. The summed E-state index contributed by atoms with van der Waals surface area (Å²) in [5.41, 5.74) is 3.82. The summed E-state index contributed by atoms with van der Waals surface area (Å²) in [7, 11) is 0. The molecule has 0 bridgehead atoms. The van der Waals surface area contributed by atoms with Gasteiger partial charge >= 0.3 is 0 Å². The van der Waals surface area contributed by atoms with E-state index in [2.05, 4.69) is 22.5 Å². The van der Waals surface area contributed by atoms with Gasteiger partial charge in [-0.25, -0.2) is 4.39 Å². The van der Waals surface area contributed by atoms with Gasteiger partial charge in [-0.3, -0.25) is 14.3 Å². The van der Waals surface area contributed by atoms with Crippen LogP contribution in [0.25, 0.3) is 0 Å². The third-order valence-corrected chi connectivity index (χ3v) is 6.25. The van der Waals surface area contributed by atoms with Crippen LogP contribution < -0.4 is 5.32 Å². The van der Waals surface area contributed by atoms with Crippen LogP contribution in [0.1, 0.15) is 63.0 Å². The van der Waals surface area contributed by atoms with Crippen LogP contribution in [-0.2, 0) is 19.5 Å². The Morgan fingerprint density at radius 2 is 1.97 bits per heavy atom. The zero-order valence-electron chi connectivity index (χ0n) is 17.8. The molecule has 0 saturated heterocycles. The number of aromatic nitrogens is 2. The summed E-state index contributed by atoms with van der Waals surface area (Å²) in [5.74, 6) is -0.781. The van der Waals surface area contributed by atoms with Gasteiger partial charge in [0.1, 0.15) is 11.5 Å². The fourth-order valence-corrected chi connectivity index (χ4v) is 4.69. The van der Waals surface area contributed by atoms with Crippen molar-refractivity contribution in [2.45, 2.75) is 44.8 Å². The van der Waals surface area contributed by atoms with Crippen LogP contribution in [0, 0.1) is 5.82 Å². The molecule has 2 heterocycles. The molecule has 0 fully saturated rings. The van der Waals surface area contributed by atoms with E-state index < -0.39 is 0 Å². The summed E-state index contributed by atoms with van der Waals surface area (Å²) < 4.78 is 15.2. The maximum absolute atomic E-state index is 13.6. The molecule has 0 spiro atoms. The molecule has 164 valence electrons. The number of halogens is 1. The molecule has 7 heteroatoms. The summed E-state index contributed by atoms with van der Waals surface area (Å²) >= 11 is 0. The molecule has 1 aliphatic heterocycles. The fourth-order valence-electron chi connectivity index (χ4n) is 4.69. The lowest BCUT2D eigenvalue weighted by Crippen LogP contribution is -2.31. The predicted octanol–water partition coefficient (Wildman–Crippen LogP) is 3.88.